The third-order valence-electron chi connectivity index (χ3n) is 3.44. The van der Waals surface area contributed by atoms with Crippen LogP contribution in [0, 0.1) is 12.8 Å². The average Bonchev–Trinajstić information content (AvgIpc) is 2.36. The number of hydrogen-bond acceptors (Lipinski definition) is 4. The number of aryl methyl sites for hydroxylation is 1. The molecule has 1 rings (SSSR count). The fraction of sp³-hybridized carbons (Fsp3) is 0.600. The Hall–Kier alpha value is -0.950. The van der Waals surface area contributed by atoms with Crippen LogP contribution in [0.2, 0.25) is 0 Å². The maximum absolute atomic E-state index is 12.6. The molecule has 0 fully saturated rings. The zero-order valence-electron chi connectivity index (χ0n) is 13.6. The molecule has 0 aromatic heterocycles. The summed E-state index contributed by atoms with van der Waals surface area (Å²) in [4.78, 5) is 2.31. The second-order valence-electron chi connectivity index (χ2n) is 6.04. The largest absolute Gasteiger partial charge is 0.326 e. The van der Waals surface area contributed by atoms with E-state index in [4.69, 9.17) is 5.73 Å². The third-order valence-corrected chi connectivity index (χ3v) is 5.09. The van der Waals surface area contributed by atoms with E-state index >= 15 is 0 Å². The lowest BCUT2D eigenvalue weighted by molar-refractivity contribution is 0.314. The Morgan fingerprint density at radius 3 is 2.33 bits per heavy atom. The van der Waals surface area contributed by atoms with E-state index in [2.05, 4.69) is 4.72 Å². The number of rotatable bonds is 7. The predicted molar refractivity (Wildman–Crippen MR) is 86.6 cm³/mol. The minimum Gasteiger partial charge on any atom is -0.326 e. The van der Waals surface area contributed by atoms with Crippen molar-refractivity contribution < 1.29 is 8.42 Å². The fourth-order valence-corrected chi connectivity index (χ4v) is 3.78. The van der Waals surface area contributed by atoms with Gasteiger partial charge < -0.3 is 10.6 Å². The summed E-state index contributed by atoms with van der Waals surface area (Å²) < 4.78 is 28.0. The van der Waals surface area contributed by atoms with Crippen LogP contribution in [0.5, 0.6) is 0 Å². The highest BCUT2D eigenvalue weighted by atomic mass is 32.2. The summed E-state index contributed by atoms with van der Waals surface area (Å²) in [5.41, 5.74) is 7.23. The van der Waals surface area contributed by atoms with Gasteiger partial charge in [0.1, 0.15) is 0 Å². The summed E-state index contributed by atoms with van der Waals surface area (Å²) in [6.07, 6.45) is 0. The van der Waals surface area contributed by atoms with Crippen LogP contribution in [-0.4, -0.2) is 40.0 Å². The second-order valence-corrected chi connectivity index (χ2v) is 7.72. The molecule has 0 heterocycles. The van der Waals surface area contributed by atoms with Crippen molar-refractivity contribution in [3.05, 3.63) is 29.3 Å². The second kappa shape index (κ2) is 7.35. The molecule has 0 radical (unpaired) electrons. The van der Waals surface area contributed by atoms with Crippen molar-refractivity contribution in [3.63, 3.8) is 0 Å². The molecule has 1 unspecified atom stereocenters. The van der Waals surface area contributed by atoms with Crippen LogP contribution in [0.25, 0.3) is 0 Å². The Morgan fingerprint density at radius 2 is 1.90 bits per heavy atom. The lowest BCUT2D eigenvalue weighted by Crippen LogP contribution is -2.45. The van der Waals surface area contributed by atoms with Crippen molar-refractivity contribution in [2.75, 3.05) is 20.6 Å². The summed E-state index contributed by atoms with van der Waals surface area (Å²) in [7, 11) is 0.348. The molecule has 0 saturated heterocycles. The molecular weight excluding hydrogens is 286 g/mol. The average molecular weight is 313 g/mol. The molecule has 21 heavy (non-hydrogen) atoms. The van der Waals surface area contributed by atoms with Gasteiger partial charge in [-0.25, -0.2) is 13.1 Å². The molecule has 5 nitrogen and oxygen atoms in total. The van der Waals surface area contributed by atoms with Crippen LogP contribution in [0.15, 0.2) is 23.1 Å². The first kappa shape index (κ1) is 18.1. The van der Waals surface area contributed by atoms with Gasteiger partial charge in [0.15, 0.2) is 0 Å². The zero-order valence-corrected chi connectivity index (χ0v) is 14.4. The number of nitrogens with two attached hydrogens (primary N) is 1. The van der Waals surface area contributed by atoms with Crippen molar-refractivity contribution >= 4 is 10.0 Å². The van der Waals surface area contributed by atoms with E-state index in [9.17, 15) is 8.42 Å². The van der Waals surface area contributed by atoms with E-state index in [1.807, 2.05) is 38.9 Å². The molecule has 0 saturated carbocycles. The van der Waals surface area contributed by atoms with E-state index in [0.29, 0.717) is 18.0 Å². The van der Waals surface area contributed by atoms with Gasteiger partial charge in [0, 0.05) is 19.1 Å². The Bertz CT molecular complexity index is 568. The minimum absolute atomic E-state index is 0.126. The van der Waals surface area contributed by atoms with Crippen molar-refractivity contribution in [1.29, 1.82) is 0 Å². The van der Waals surface area contributed by atoms with Crippen molar-refractivity contribution in [1.82, 2.24) is 9.62 Å². The number of benzene rings is 1. The van der Waals surface area contributed by atoms with Crippen LogP contribution in [0.1, 0.15) is 25.0 Å². The Kier molecular flexibility index (Phi) is 6.34. The number of sulfonamides is 1. The first-order chi connectivity index (χ1) is 9.67. The Labute approximate surface area is 128 Å². The van der Waals surface area contributed by atoms with Crippen molar-refractivity contribution in [2.45, 2.75) is 38.3 Å². The van der Waals surface area contributed by atoms with Gasteiger partial charge in [-0.3, -0.25) is 0 Å². The van der Waals surface area contributed by atoms with Crippen molar-refractivity contribution in [3.8, 4) is 0 Å². The number of nitrogens with one attached hydrogen (secondary N) is 1. The van der Waals surface area contributed by atoms with Gasteiger partial charge >= 0.3 is 0 Å². The fourth-order valence-electron chi connectivity index (χ4n) is 2.18. The molecule has 0 aliphatic rings. The SMILES string of the molecule is Cc1cc(CN)ccc1S(=O)(=O)NC(CN(C)C)C(C)C. The molecule has 0 aliphatic heterocycles. The Morgan fingerprint density at radius 1 is 1.29 bits per heavy atom. The van der Waals surface area contributed by atoms with Crippen LogP contribution >= 0.6 is 0 Å². The standard InChI is InChI=1S/C15H27N3O2S/c1-11(2)14(10-18(4)5)17-21(19,20)15-7-6-13(9-16)8-12(15)3/h6-8,11,14,17H,9-10,16H2,1-5H3. The molecule has 1 atom stereocenters. The van der Waals surface area contributed by atoms with Crippen molar-refractivity contribution in [2.24, 2.45) is 11.7 Å². The lowest BCUT2D eigenvalue weighted by Gasteiger charge is -2.25. The van der Waals surface area contributed by atoms with Crippen LogP contribution < -0.4 is 10.5 Å². The predicted octanol–water partition coefficient (Wildman–Crippen LogP) is 1.32. The normalized spacial score (nSPS) is 13.9. The first-order valence-corrected chi connectivity index (χ1v) is 8.62. The minimum atomic E-state index is -3.52. The molecular formula is C15H27N3O2S. The van der Waals surface area contributed by atoms with Gasteiger partial charge in [0.2, 0.25) is 10.0 Å². The van der Waals surface area contributed by atoms with Crippen LogP contribution in [-0.2, 0) is 16.6 Å². The molecule has 0 spiro atoms. The molecule has 0 aliphatic carbocycles. The van der Waals surface area contributed by atoms with E-state index in [-0.39, 0.29) is 12.0 Å². The summed E-state index contributed by atoms with van der Waals surface area (Å²) in [5.74, 6) is 0.214. The van der Waals surface area contributed by atoms with Gasteiger partial charge in [-0.2, -0.15) is 0 Å². The molecule has 120 valence electrons. The number of nitrogens with zero attached hydrogens (tertiary/aromatic N) is 1. The summed E-state index contributed by atoms with van der Waals surface area (Å²) >= 11 is 0. The Balaban J connectivity index is 3.04. The molecule has 1 aromatic rings. The number of hydrogen-bond donors (Lipinski definition) is 2. The third kappa shape index (κ3) is 5.07. The molecule has 1 aromatic carbocycles. The smallest absolute Gasteiger partial charge is 0.241 e. The highest BCUT2D eigenvalue weighted by Crippen LogP contribution is 2.18. The summed E-state index contributed by atoms with van der Waals surface area (Å²) in [6.45, 7) is 6.90. The van der Waals surface area contributed by atoms with Gasteiger partial charge in [-0.1, -0.05) is 26.0 Å². The maximum Gasteiger partial charge on any atom is 0.241 e. The highest BCUT2D eigenvalue weighted by Gasteiger charge is 2.24. The summed E-state index contributed by atoms with van der Waals surface area (Å²) in [5, 5.41) is 0. The summed E-state index contributed by atoms with van der Waals surface area (Å²) in [6, 6.07) is 5.09. The quantitative estimate of drug-likeness (QED) is 0.796. The van der Waals surface area contributed by atoms with Crippen LogP contribution in [0.4, 0.5) is 0 Å². The van der Waals surface area contributed by atoms with E-state index in [1.165, 1.54) is 0 Å². The zero-order chi connectivity index (χ0) is 16.2. The number of likely N-dealkylation sites (N-methyl/N-ethyl adjacent to an activating group) is 1. The molecule has 6 heteroatoms. The monoisotopic (exact) mass is 313 g/mol. The molecule has 0 bridgehead atoms. The molecule has 0 amide bonds. The van der Waals surface area contributed by atoms with Crippen LogP contribution in [0.3, 0.4) is 0 Å². The molecule has 3 N–H and O–H groups in total. The topological polar surface area (TPSA) is 75.4 Å². The van der Waals surface area contributed by atoms with Gasteiger partial charge in [-0.05, 0) is 44.1 Å². The van der Waals surface area contributed by atoms with E-state index < -0.39 is 10.0 Å². The first-order valence-electron chi connectivity index (χ1n) is 7.14. The highest BCUT2D eigenvalue weighted by molar-refractivity contribution is 7.89. The van der Waals surface area contributed by atoms with Gasteiger partial charge in [0.25, 0.3) is 0 Å². The van der Waals surface area contributed by atoms with E-state index in [0.717, 1.165) is 11.1 Å². The van der Waals surface area contributed by atoms with E-state index in [1.54, 1.807) is 19.1 Å². The maximum atomic E-state index is 12.6. The lowest BCUT2D eigenvalue weighted by atomic mass is 10.1. The van der Waals surface area contributed by atoms with Gasteiger partial charge in [0.05, 0.1) is 4.90 Å². The van der Waals surface area contributed by atoms with Gasteiger partial charge in [-0.15, -0.1) is 0 Å².